The number of aromatic hydroxyl groups is 1. The third-order valence-corrected chi connectivity index (χ3v) is 2.47. The van der Waals surface area contributed by atoms with E-state index in [0.29, 0.717) is 11.1 Å². The molecule has 0 fully saturated rings. The fourth-order valence-electron chi connectivity index (χ4n) is 1.70. The van der Waals surface area contributed by atoms with Gasteiger partial charge in [-0.1, -0.05) is 24.3 Å². The fourth-order valence-corrected chi connectivity index (χ4v) is 1.70. The number of rotatable bonds is 1. The third-order valence-electron chi connectivity index (χ3n) is 2.47. The lowest BCUT2D eigenvalue weighted by atomic mass is 9.99. The van der Waals surface area contributed by atoms with Gasteiger partial charge in [-0.15, -0.1) is 0 Å². The fraction of sp³-hybridized carbons (Fsp3) is 0.0769. The number of halogens is 2. The maximum absolute atomic E-state index is 13.6. The number of phenolic OH excluding ortho intramolecular Hbond substituents is 1. The van der Waals surface area contributed by atoms with Gasteiger partial charge < -0.3 is 5.11 Å². The molecule has 1 nitrogen and oxygen atoms in total. The van der Waals surface area contributed by atoms with Crippen molar-refractivity contribution >= 4 is 0 Å². The minimum Gasteiger partial charge on any atom is -0.507 e. The average molecular weight is 220 g/mol. The first kappa shape index (κ1) is 10.6. The molecule has 2 aromatic rings. The monoisotopic (exact) mass is 220 g/mol. The molecule has 0 radical (unpaired) electrons. The van der Waals surface area contributed by atoms with E-state index in [1.807, 2.05) is 0 Å². The van der Waals surface area contributed by atoms with Gasteiger partial charge in [0.1, 0.15) is 5.75 Å². The SMILES string of the molecule is Cc1cccc(O)c1-c1cccc(F)c1F. The van der Waals surface area contributed by atoms with Gasteiger partial charge in [-0.25, -0.2) is 8.78 Å². The molecule has 0 amide bonds. The van der Waals surface area contributed by atoms with E-state index in [4.69, 9.17) is 0 Å². The van der Waals surface area contributed by atoms with E-state index in [1.165, 1.54) is 18.2 Å². The van der Waals surface area contributed by atoms with Crippen molar-refractivity contribution in [3.8, 4) is 16.9 Å². The first-order chi connectivity index (χ1) is 7.61. The first-order valence-electron chi connectivity index (χ1n) is 4.84. The molecule has 0 aliphatic heterocycles. The van der Waals surface area contributed by atoms with Gasteiger partial charge in [0.15, 0.2) is 11.6 Å². The lowest BCUT2D eigenvalue weighted by Crippen LogP contribution is -1.91. The third kappa shape index (κ3) is 1.65. The molecular weight excluding hydrogens is 210 g/mol. The summed E-state index contributed by atoms with van der Waals surface area (Å²) in [4.78, 5) is 0. The van der Waals surface area contributed by atoms with E-state index in [2.05, 4.69) is 0 Å². The second-order valence-corrected chi connectivity index (χ2v) is 3.57. The Morgan fingerprint density at radius 3 is 2.38 bits per heavy atom. The predicted octanol–water partition coefficient (Wildman–Crippen LogP) is 3.65. The standard InChI is InChI=1S/C13H10F2O/c1-8-4-2-7-11(16)12(8)9-5-3-6-10(14)13(9)15/h2-7,16H,1H3. The lowest BCUT2D eigenvalue weighted by Gasteiger charge is -2.09. The van der Waals surface area contributed by atoms with Gasteiger partial charge in [0.2, 0.25) is 0 Å². The number of benzene rings is 2. The number of aryl methyl sites for hydroxylation is 1. The number of phenols is 1. The summed E-state index contributed by atoms with van der Waals surface area (Å²) in [7, 11) is 0. The van der Waals surface area contributed by atoms with E-state index in [0.717, 1.165) is 6.07 Å². The molecule has 0 saturated carbocycles. The van der Waals surface area contributed by atoms with Crippen LogP contribution in [0, 0.1) is 18.6 Å². The van der Waals surface area contributed by atoms with E-state index in [-0.39, 0.29) is 11.3 Å². The van der Waals surface area contributed by atoms with Gasteiger partial charge in [0.25, 0.3) is 0 Å². The van der Waals surface area contributed by atoms with E-state index < -0.39 is 11.6 Å². The summed E-state index contributed by atoms with van der Waals surface area (Å²) in [5, 5.41) is 9.67. The molecule has 16 heavy (non-hydrogen) atoms. The summed E-state index contributed by atoms with van der Waals surface area (Å²) in [5.74, 6) is -1.91. The Morgan fingerprint density at radius 2 is 1.69 bits per heavy atom. The van der Waals surface area contributed by atoms with Crippen LogP contribution in [-0.2, 0) is 0 Å². The van der Waals surface area contributed by atoms with Crippen molar-refractivity contribution < 1.29 is 13.9 Å². The highest BCUT2D eigenvalue weighted by Gasteiger charge is 2.14. The Balaban J connectivity index is 2.73. The first-order valence-corrected chi connectivity index (χ1v) is 4.84. The van der Waals surface area contributed by atoms with E-state index >= 15 is 0 Å². The highest BCUT2D eigenvalue weighted by molar-refractivity contribution is 5.73. The van der Waals surface area contributed by atoms with Crippen molar-refractivity contribution in [2.45, 2.75) is 6.92 Å². The normalized spacial score (nSPS) is 10.4. The molecule has 3 heteroatoms. The second kappa shape index (κ2) is 3.93. The van der Waals surface area contributed by atoms with Crippen LogP contribution >= 0.6 is 0 Å². The van der Waals surface area contributed by atoms with Crippen LogP contribution in [0.4, 0.5) is 8.78 Å². The van der Waals surface area contributed by atoms with Crippen molar-refractivity contribution in [2.24, 2.45) is 0 Å². The molecule has 1 N–H and O–H groups in total. The van der Waals surface area contributed by atoms with Crippen LogP contribution in [0.2, 0.25) is 0 Å². The zero-order valence-electron chi connectivity index (χ0n) is 8.67. The molecule has 0 saturated heterocycles. The number of hydrogen-bond acceptors (Lipinski definition) is 1. The molecule has 0 atom stereocenters. The molecule has 2 aromatic carbocycles. The van der Waals surface area contributed by atoms with Crippen LogP contribution < -0.4 is 0 Å². The van der Waals surface area contributed by atoms with Crippen molar-refractivity contribution in [2.75, 3.05) is 0 Å². The molecule has 0 aromatic heterocycles. The maximum Gasteiger partial charge on any atom is 0.166 e. The second-order valence-electron chi connectivity index (χ2n) is 3.57. The Bertz CT molecular complexity index is 515. The summed E-state index contributed by atoms with van der Waals surface area (Å²) >= 11 is 0. The van der Waals surface area contributed by atoms with Crippen molar-refractivity contribution in [1.29, 1.82) is 0 Å². The van der Waals surface area contributed by atoms with Crippen molar-refractivity contribution in [3.63, 3.8) is 0 Å². The lowest BCUT2D eigenvalue weighted by molar-refractivity contribution is 0.475. The molecule has 0 bridgehead atoms. The molecule has 2 rings (SSSR count). The van der Waals surface area contributed by atoms with Crippen LogP contribution in [0.3, 0.4) is 0 Å². The molecule has 82 valence electrons. The Labute approximate surface area is 92.0 Å². The zero-order chi connectivity index (χ0) is 11.7. The van der Waals surface area contributed by atoms with Gasteiger partial charge in [0, 0.05) is 11.1 Å². The Hall–Kier alpha value is -1.90. The largest absolute Gasteiger partial charge is 0.507 e. The average Bonchev–Trinajstić information content (AvgIpc) is 2.24. The van der Waals surface area contributed by atoms with Gasteiger partial charge in [-0.05, 0) is 24.6 Å². The topological polar surface area (TPSA) is 20.2 Å². The zero-order valence-corrected chi connectivity index (χ0v) is 8.67. The van der Waals surface area contributed by atoms with E-state index in [1.54, 1.807) is 19.1 Å². The maximum atomic E-state index is 13.6. The van der Waals surface area contributed by atoms with Crippen molar-refractivity contribution in [3.05, 3.63) is 53.6 Å². The Morgan fingerprint density at radius 1 is 1.00 bits per heavy atom. The van der Waals surface area contributed by atoms with Gasteiger partial charge in [-0.3, -0.25) is 0 Å². The molecule has 0 unspecified atom stereocenters. The highest BCUT2D eigenvalue weighted by Crippen LogP contribution is 2.34. The van der Waals surface area contributed by atoms with Crippen LogP contribution in [0.1, 0.15) is 5.56 Å². The molecule has 0 spiro atoms. The quantitative estimate of drug-likeness (QED) is 0.777. The molecule has 0 aliphatic carbocycles. The van der Waals surface area contributed by atoms with Gasteiger partial charge in [0.05, 0.1) is 0 Å². The number of hydrogen-bond donors (Lipinski definition) is 1. The minimum atomic E-state index is -0.938. The van der Waals surface area contributed by atoms with Crippen LogP contribution in [0.15, 0.2) is 36.4 Å². The van der Waals surface area contributed by atoms with Crippen LogP contribution in [0.5, 0.6) is 5.75 Å². The van der Waals surface area contributed by atoms with Gasteiger partial charge in [-0.2, -0.15) is 0 Å². The summed E-state index contributed by atoms with van der Waals surface area (Å²) in [6, 6.07) is 8.76. The summed E-state index contributed by atoms with van der Waals surface area (Å²) in [5.41, 5.74) is 1.11. The van der Waals surface area contributed by atoms with Crippen molar-refractivity contribution in [1.82, 2.24) is 0 Å². The van der Waals surface area contributed by atoms with E-state index in [9.17, 15) is 13.9 Å². The minimum absolute atomic E-state index is 0.0514. The molecular formula is C13H10F2O. The van der Waals surface area contributed by atoms with Crippen LogP contribution in [-0.4, -0.2) is 5.11 Å². The Kier molecular flexibility index (Phi) is 2.60. The summed E-state index contributed by atoms with van der Waals surface area (Å²) in [6.07, 6.45) is 0. The predicted molar refractivity (Wildman–Crippen MR) is 58.2 cm³/mol. The molecule has 0 heterocycles. The summed E-state index contributed by atoms with van der Waals surface area (Å²) in [6.45, 7) is 1.74. The highest BCUT2D eigenvalue weighted by atomic mass is 19.2. The smallest absolute Gasteiger partial charge is 0.166 e. The van der Waals surface area contributed by atoms with Crippen LogP contribution in [0.25, 0.3) is 11.1 Å². The molecule has 0 aliphatic rings. The van der Waals surface area contributed by atoms with Gasteiger partial charge >= 0.3 is 0 Å². The summed E-state index contributed by atoms with van der Waals surface area (Å²) < 4.78 is 26.6.